The largest absolute Gasteiger partial charge is 0.464 e. The number of carbonyl (C=O) groups is 1. The Morgan fingerprint density at radius 2 is 1.39 bits per heavy atom. The number of nitrogens with two attached hydrogens (primary N) is 1. The molecular formula is C48H66N3O6+. The van der Waals surface area contributed by atoms with Crippen LogP contribution in [0.2, 0.25) is 0 Å². The Bertz CT molecular complexity index is 1660. The second-order valence-electron chi connectivity index (χ2n) is 15.8. The summed E-state index contributed by atoms with van der Waals surface area (Å²) < 4.78 is 12.5. The first-order valence-electron chi connectivity index (χ1n) is 21.2. The van der Waals surface area contributed by atoms with Gasteiger partial charge in [-0.15, -0.1) is 0 Å². The number of benzene rings is 4. The van der Waals surface area contributed by atoms with Crippen molar-refractivity contribution in [3.8, 4) is 5.75 Å². The van der Waals surface area contributed by atoms with Crippen LogP contribution in [-0.2, 0) is 32.8 Å². The summed E-state index contributed by atoms with van der Waals surface area (Å²) in [5, 5.41) is 23.9. The Labute approximate surface area is 340 Å². The van der Waals surface area contributed by atoms with Gasteiger partial charge in [0.2, 0.25) is 12.7 Å². The average Bonchev–Trinajstić information content (AvgIpc) is 3.48. The van der Waals surface area contributed by atoms with Crippen LogP contribution in [0.1, 0.15) is 105 Å². The van der Waals surface area contributed by atoms with Crippen LogP contribution in [0, 0.1) is 0 Å². The zero-order valence-corrected chi connectivity index (χ0v) is 33.9. The standard InChI is InChI=1S/C48H65N3O6/c49-47(53)48(43-23-10-6-11-24-43,44-25-12-7-13-26-44)29-33-51(31-16-2-3-17-32-51)38-42-36-41(27-28-46(42)56-39-57-54)45(52)37-50-30-15-1-4-18-34-55-35-19-14-22-40-20-8-5-9-21-40/h5-13,20-21,23-28,36,45,50,52H,1-4,14-19,22,29-35,37-39H2,(H2-,49,53,54)/p+1. The van der Waals surface area contributed by atoms with Gasteiger partial charge >= 0.3 is 0 Å². The van der Waals surface area contributed by atoms with Crippen molar-refractivity contribution in [1.82, 2.24) is 5.32 Å². The fourth-order valence-corrected chi connectivity index (χ4v) is 8.50. The maximum atomic E-state index is 13.7. The van der Waals surface area contributed by atoms with Crippen LogP contribution in [-0.4, -0.2) is 73.5 Å². The van der Waals surface area contributed by atoms with Gasteiger partial charge in [-0.25, -0.2) is 5.26 Å². The van der Waals surface area contributed by atoms with Crippen LogP contribution in [0.15, 0.2) is 109 Å². The molecule has 0 radical (unpaired) electrons. The van der Waals surface area contributed by atoms with Gasteiger partial charge in [0.25, 0.3) is 0 Å². The number of likely N-dealkylation sites (tertiary alicyclic amines) is 1. The zero-order valence-electron chi connectivity index (χ0n) is 33.9. The van der Waals surface area contributed by atoms with Crippen LogP contribution in [0.3, 0.4) is 0 Å². The molecule has 0 saturated carbocycles. The van der Waals surface area contributed by atoms with Gasteiger partial charge in [0.1, 0.15) is 17.7 Å². The number of primary amides is 1. The number of hydrogen-bond acceptors (Lipinski definition) is 7. The molecule has 1 aliphatic rings. The van der Waals surface area contributed by atoms with E-state index in [-0.39, 0.29) is 12.7 Å². The summed E-state index contributed by atoms with van der Waals surface area (Å²) in [7, 11) is 0. The number of carbonyl (C=O) groups excluding carboxylic acids is 1. The van der Waals surface area contributed by atoms with Crippen molar-refractivity contribution in [2.24, 2.45) is 5.73 Å². The molecule has 9 heteroatoms. The van der Waals surface area contributed by atoms with Crippen LogP contribution >= 0.6 is 0 Å². The molecule has 308 valence electrons. The van der Waals surface area contributed by atoms with Crippen molar-refractivity contribution >= 4 is 5.91 Å². The molecule has 4 aromatic rings. The highest BCUT2D eigenvalue weighted by molar-refractivity contribution is 5.90. The SMILES string of the molecule is NC(=O)C(CC[N+]1(Cc2cc(C(O)CNCCCCCCOCCCCc3ccccc3)ccc2OCOO)CCCCCC1)(c1ccccc1)c1ccccc1. The molecule has 4 aromatic carbocycles. The van der Waals surface area contributed by atoms with E-state index in [0.29, 0.717) is 25.3 Å². The molecule has 1 atom stereocenters. The molecule has 0 aromatic heterocycles. The number of rotatable bonds is 26. The molecule has 1 saturated heterocycles. The first-order valence-corrected chi connectivity index (χ1v) is 21.2. The number of aliphatic hydroxyl groups is 1. The van der Waals surface area contributed by atoms with Crippen molar-refractivity contribution < 1.29 is 34.0 Å². The van der Waals surface area contributed by atoms with Gasteiger partial charge in [0, 0.05) is 31.7 Å². The predicted molar refractivity (Wildman–Crippen MR) is 227 cm³/mol. The maximum absolute atomic E-state index is 13.7. The summed E-state index contributed by atoms with van der Waals surface area (Å²) >= 11 is 0. The Kier molecular flexibility index (Phi) is 18.5. The van der Waals surface area contributed by atoms with E-state index in [4.69, 9.17) is 20.5 Å². The highest BCUT2D eigenvalue weighted by Gasteiger charge is 2.43. The van der Waals surface area contributed by atoms with Crippen LogP contribution in [0.5, 0.6) is 5.75 Å². The van der Waals surface area contributed by atoms with E-state index in [1.165, 1.54) is 5.56 Å². The number of aryl methyl sites for hydroxylation is 1. The number of nitrogens with one attached hydrogen (secondary N) is 1. The number of ether oxygens (including phenoxy) is 2. The Morgan fingerprint density at radius 1 is 0.772 bits per heavy atom. The lowest BCUT2D eigenvalue weighted by molar-refractivity contribution is -0.940. The highest BCUT2D eigenvalue weighted by Crippen LogP contribution is 2.38. The van der Waals surface area contributed by atoms with E-state index in [9.17, 15) is 9.90 Å². The first-order chi connectivity index (χ1) is 28.0. The molecule has 0 spiro atoms. The van der Waals surface area contributed by atoms with E-state index in [1.54, 1.807) is 0 Å². The summed E-state index contributed by atoms with van der Waals surface area (Å²) in [5.74, 6) is 0.252. The van der Waals surface area contributed by atoms with E-state index in [1.807, 2.05) is 78.9 Å². The molecule has 0 aliphatic carbocycles. The summed E-state index contributed by atoms with van der Waals surface area (Å²) in [6.07, 6.45) is 12.0. The van der Waals surface area contributed by atoms with Gasteiger partial charge in [0.05, 0.1) is 25.7 Å². The molecule has 1 unspecified atom stereocenters. The first kappa shape index (κ1) is 44.0. The normalized spacial score (nSPS) is 14.8. The third kappa shape index (κ3) is 13.5. The topological polar surface area (TPSA) is 123 Å². The minimum Gasteiger partial charge on any atom is -0.464 e. The third-order valence-electron chi connectivity index (χ3n) is 11.7. The Hall–Kier alpha value is -4.09. The molecule has 0 bridgehead atoms. The molecule has 5 rings (SSSR count). The van der Waals surface area contributed by atoms with Gasteiger partial charge < -0.3 is 30.1 Å². The lowest BCUT2D eigenvalue weighted by Crippen LogP contribution is -2.53. The van der Waals surface area contributed by atoms with Crippen LogP contribution < -0.4 is 15.8 Å². The molecular weight excluding hydrogens is 715 g/mol. The molecule has 1 fully saturated rings. The monoisotopic (exact) mass is 780 g/mol. The predicted octanol–water partition coefficient (Wildman–Crippen LogP) is 8.49. The van der Waals surface area contributed by atoms with Crippen molar-refractivity contribution in [2.75, 3.05) is 52.7 Å². The highest BCUT2D eigenvalue weighted by atomic mass is 17.1. The summed E-state index contributed by atoms with van der Waals surface area (Å²) in [6, 6.07) is 36.3. The minimum atomic E-state index is -0.996. The van der Waals surface area contributed by atoms with Crippen molar-refractivity contribution in [1.29, 1.82) is 0 Å². The molecule has 9 nitrogen and oxygen atoms in total. The average molecular weight is 781 g/mol. The molecule has 1 aliphatic heterocycles. The Morgan fingerprint density at radius 3 is 2.02 bits per heavy atom. The number of aliphatic hydroxyl groups excluding tert-OH is 1. The van der Waals surface area contributed by atoms with Crippen molar-refractivity contribution in [3.05, 3.63) is 137 Å². The zero-order chi connectivity index (χ0) is 40.0. The smallest absolute Gasteiger partial charge is 0.232 e. The van der Waals surface area contributed by atoms with Crippen LogP contribution in [0.25, 0.3) is 0 Å². The van der Waals surface area contributed by atoms with E-state index < -0.39 is 11.5 Å². The second-order valence-corrected chi connectivity index (χ2v) is 15.8. The molecule has 57 heavy (non-hydrogen) atoms. The second kappa shape index (κ2) is 24.0. The summed E-state index contributed by atoms with van der Waals surface area (Å²) in [5.41, 5.74) is 10.3. The van der Waals surface area contributed by atoms with Crippen LogP contribution in [0.4, 0.5) is 0 Å². The number of unbranched alkanes of at least 4 members (excludes halogenated alkanes) is 4. The fourth-order valence-electron chi connectivity index (χ4n) is 8.50. The van der Waals surface area contributed by atoms with Crippen molar-refractivity contribution in [2.45, 2.75) is 95.1 Å². The van der Waals surface area contributed by atoms with E-state index in [2.05, 4.69) is 40.5 Å². The quantitative estimate of drug-likeness (QED) is 0.0166. The fraction of sp³-hybridized carbons (Fsp3) is 0.479. The number of hydrogen-bond donors (Lipinski definition) is 4. The van der Waals surface area contributed by atoms with Crippen molar-refractivity contribution in [3.63, 3.8) is 0 Å². The lowest BCUT2D eigenvalue weighted by Gasteiger charge is -2.42. The van der Waals surface area contributed by atoms with Gasteiger partial charge in [-0.2, -0.15) is 4.89 Å². The minimum absolute atomic E-state index is 0.301. The maximum Gasteiger partial charge on any atom is 0.232 e. The summed E-state index contributed by atoms with van der Waals surface area (Å²) in [6.45, 7) is 5.88. The molecule has 5 N–H and O–H groups in total. The molecule has 1 amide bonds. The van der Waals surface area contributed by atoms with E-state index in [0.717, 1.165) is 137 Å². The molecule has 1 heterocycles. The van der Waals surface area contributed by atoms with E-state index >= 15 is 0 Å². The Balaban J connectivity index is 1.17. The number of quaternary nitrogens is 1. The number of nitrogens with zero attached hydrogens (tertiary/aromatic N) is 1. The van der Waals surface area contributed by atoms with Gasteiger partial charge in [0.15, 0.2) is 0 Å². The van der Waals surface area contributed by atoms with Gasteiger partial charge in [-0.05, 0) is 98.7 Å². The number of amides is 1. The van der Waals surface area contributed by atoms with Gasteiger partial charge in [-0.3, -0.25) is 4.79 Å². The lowest BCUT2D eigenvalue weighted by atomic mass is 9.71. The third-order valence-corrected chi connectivity index (χ3v) is 11.7. The summed E-state index contributed by atoms with van der Waals surface area (Å²) in [4.78, 5) is 18.0. The van der Waals surface area contributed by atoms with Gasteiger partial charge in [-0.1, -0.05) is 110 Å².